The molecule has 0 aliphatic heterocycles. The van der Waals surface area contributed by atoms with Crippen molar-refractivity contribution in [2.75, 3.05) is 6.54 Å². The fraction of sp³-hybridized carbons (Fsp3) is 0.294. The summed E-state index contributed by atoms with van der Waals surface area (Å²) in [5.41, 5.74) is 1.07. The van der Waals surface area contributed by atoms with Crippen LogP contribution in [-0.2, 0) is 6.54 Å². The predicted octanol–water partition coefficient (Wildman–Crippen LogP) is 4.36. The first-order valence-corrected chi connectivity index (χ1v) is 6.87. The van der Waals surface area contributed by atoms with Crippen molar-refractivity contribution in [2.24, 2.45) is 5.92 Å². The maximum absolute atomic E-state index is 13.2. The second-order valence-corrected chi connectivity index (χ2v) is 5.19. The van der Waals surface area contributed by atoms with E-state index in [0.29, 0.717) is 11.7 Å². The van der Waals surface area contributed by atoms with Gasteiger partial charge in [-0.3, -0.25) is 0 Å². The van der Waals surface area contributed by atoms with Crippen LogP contribution < -0.4 is 10.1 Å². The first-order valence-electron chi connectivity index (χ1n) is 6.87. The molecule has 0 saturated carbocycles. The van der Waals surface area contributed by atoms with E-state index in [4.69, 9.17) is 4.74 Å². The Labute approximate surface area is 119 Å². The number of benzene rings is 2. The largest absolute Gasteiger partial charge is 0.457 e. The van der Waals surface area contributed by atoms with Crippen LogP contribution in [0.1, 0.15) is 19.4 Å². The summed E-state index contributed by atoms with van der Waals surface area (Å²) in [5, 5.41) is 3.38. The van der Waals surface area contributed by atoms with Gasteiger partial charge in [-0.25, -0.2) is 4.39 Å². The standard InChI is InChI=1S/C17H20FNO/c1-13(2)11-19-12-14-6-3-4-9-17(14)20-16-8-5-7-15(18)10-16/h3-10,13,19H,11-12H2,1-2H3. The lowest BCUT2D eigenvalue weighted by molar-refractivity contribution is 0.464. The molecule has 2 rings (SSSR count). The zero-order chi connectivity index (χ0) is 14.4. The topological polar surface area (TPSA) is 21.3 Å². The molecule has 20 heavy (non-hydrogen) atoms. The Morgan fingerprint density at radius 2 is 1.90 bits per heavy atom. The molecular formula is C17H20FNO. The van der Waals surface area contributed by atoms with Gasteiger partial charge in [0, 0.05) is 18.2 Å². The first-order chi connectivity index (χ1) is 9.65. The zero-order valence-corrected chi connectivity index (χ0v) is 11.9. The Hall–Kier alpha value is -1.87. The van der Waals surface area contributed by atoms with E-state index in [1.54, 1.807) is 12.1 Å². The normalized spacial score (nSPS) is 10.8. The smallest absolute Gasteiger partial charge is 0.131 e. The monoisotopic (exact) mass is 273 g/mol. The molecule has 0 spiro atoms. The minimum Gasteiger partial charge on any atom is -0.457 e. The molecule has 0 aliphatic carbocycles. The molecule has 0 radical (unpaired) electrons. The van der Waals surface area contributed by atoms with Crippen LogP contribution in [0.2, 0.25) is 0 Å². The van der Waals surface area contributed by atoms with Crippen molar-refractivity contribution >= 4 is 0 Å². The van der Waals surface area contributed by atoms with Gasteiger partial charge in [-0.2, -0.15) is 0 Å². The molecule has 2 aromatic carbocycles. The van der Waals surface area contributed by atoms with E-state index in [1.165, 1.54) is 12.1 Å². The minimum atomic E-state index is -0.294. The molecule has 0 aliphatic rings. The van der Waals surface area contributed by atoms with E-state index in [1.807, 2.05) is 24.3 Å². The average molecular weight is 273 g/mol. The first kappa shape index (κ1) is 14.5. The summed E-state index contributed by atoms with van der Waals surface area (Å²) in [7, 11) is 0. The fourth-order valence-electron chi connectivity index (χ4n) is 1.90. The highest BCUT2D eigenvalue weighted by Gasteiger charge is 2.05. The van der Waals surface area contributed by atoms with Gasteiger partial charge in [-0.1, -0.05) is 38.1 Å². The summed E-state index contributed by atoms with van der Waals surface area (Å²) < 4.78 is 18.9. The quantitative estimate of drug-likeness (QED) is 0.844. The van der Waals surface area contributed by atoms with Crippen LogP contribution in [0.4, 0.5) is 4.39 Å². The summed E-state index contributed by atoms with van der Waals surface area (Å²) in [6, 6.07) is 14.0. The fourth-order valence-corrected chi connectivity index (χ4v) is 1.90. The van der Waals surface area contributed by atoms with Crippen molar-refractivity contribution < 1.29 is 9.13 Å². The van der Waals surface area contributed by atoms with Gasteiger partial charge in [0.05, 0.1) is 0 Å². The summed E-state index contributed by atoms with van der Waals surface area (Å²) in [6.45, 7) is 6.03. The SMILES string of the molecule is CC(C)CNCc1ccccc1Oc1cccc(F)c1. The molecule has 0 unspecified atom stereocenters. The molecular weight excluding hydrogens is 253 g/mol. The van der Waals surface area contributed by atoms with Crippen molar-refractivity contribution in [1.82, 2.24) is 5.32 Å². The molecule has 0 saturated heterocycles. The highest BCUT2D eigenvalue weighted by molar-refractivity contribution is 5.37. The maximum atomic E-state index is 13.2. The van der Waals surface area contributed by atoms with Crippen LogP contribution in [0.5, 0.6) is 11.5 Å². The molecule has 106 valence electrons. The van der Waals surface area contributed by atoms with Gasteiger partial charge in [-0.15, -0.1) is 0 Å². The van der Waals surface area contributed by atoms with Gasteiger partial charge in [0.15, 0.2) is 0 Å². The second kappa shape index (κ2) is 7.06. The lowest BCUT2D eigenvalue weighted by atomic mass is 10.2. The summed E-state index contributed by atoms with van der Waals surface area (Å²) in [4.78, 5) is 0. The maximum Gasteiger partial charge on any atom is 0.131 e. The molecule has 0 amide bonds. The number of ether oxygens (including phenoxy) is 1. The highest BCUT2D eigenvalue weighted by atomic mass is 19.1. The molecule has 3 heteroatoms. The molecule has 0 aromatic heterocycles. The van der Waals surface area contributed by atoms with E-state index < -0.39 is 0 Å². The number of rotatable bonds is 6. The summed E-state index contributed by atoms with van der Waals surface area (Å²) in [5.74, 6) is 1.58. The Balaban J connectivity index is 2.07. The molecule has 2 aromatic rings. The molecule has 1 N–H and O–H groups in total. The van der Waals surface area contributed by atoms with Gasteiger partial charge >= 0.3 is 0 Å². The van der Waals surface area contributed by atoms with Crippen LogP contribution >= 0.6 is 0 Å². The van der Waals surface area contributed by atoms with Crippen LogP contribution in [0.25, 0.3) is 0 Å². The summed E-state index contributed by atoms with van der Waals surface area (Å²) >= 11 is 0. The molecule has 0 fully saturated rings. The lowest BCUT2D eigenvalue weighted by Gasteiger charge is -2.13. The van der Waals surface area contributed by atoms with Crippen LogP contribution in [0.15, 0.2) is 48.5 Å². The van der Waals surface area contributed by atoms with Crippen molar-refractivity contribution in [3.63, 3.8) is 0 Å². The second-order valence-electron chi connectivity index (χ2n) is 5.19. The van der Waals surface area contributed by atoms with E-state index in [-0.39, 0.29) is 5.82 Å². The molecule has 2 nitrogen and oxygen atoms in total. The van der Waals surface area contributed by atoms with E-state index in [9.17, 15) is 4.39 Å². The van der Waals surface area contributed by atoms with Crippen molar-refractivity contribution in [3.8, 4) is 11.5 Å². The third-order valence-electron chi connectivity index (χ3n) is 2.86. The number of halogens is 1. The van der Waals surface area contributed by atoms with Crippen molar-refractivity contribution in [1.29, 1.82) is 0 Å². The molecule has 0 bridgehead atoms. The Kier molecular flexibility index (Phi) is 5.13. The van der Waals surface area contributed by atoms with E-state index in [2.05, 4.69) is 19.2 Å². The Morgan fingerprint density at radius 1 is 1.10 bits per heavy atom. The average Bonchev–Trinajstić information content (AvgIpc) is 2.40. The van der Waals surface area contributed by atoms with Gasteiger partial charge in [0.25, 0.3) is 0 Å². The number of hydrogen-bond donors (Lipinski definition) is 1. The number of hydrogen-bond acceptors (Lipinski definition) is 2. The third-order valence-corrected chi connectivity index (χ3v) is 2.86. The van der Waals surface area contributed by atoms with Crippen LogP contribution in [0.3, 0.4) is 0 Å². The van der Waals surface area contributed by atoms with Gasteiger partial charge < -0.3 is 10.1 Å². The third kappa shape index (κ3) is 4.35. The number of nitrogens with one attached hydrogen (secondary N) is 1. The van der Waals surface area contributed by atoms with Crippen molar-refractivity contribution in [2.45, 2.75) is 20.4 Å². The Bertz CT molecular complexity index is 554. The van der Waals surface area contributed by atoms with Gasteiger partial charge in [-0.05, 0) is 30.7 Å². The zero-order valence-electron chi connectivity index (χ0n) is 11.9. The molecule has 0 heterocycles. The summed E-state index contributed by atoms with van der Waals surface area (Å²) in [6.07, 6.45) is 0. The van der Waals surface area contributed by atoms with Gasteiger partial charge in [0.1, 0.15) is 17.3 Å². The minimum absolute atomic E-state index is 0.294. The van der Waals surface area contributed by atoms with E-state index in [0.717, 1.165) is 24.4 Å². The van der Waals surface area contributed by atoms with Crippen LogP contribution in [0, 0.1) is 11.7 Å². The number of para-hydroxylation sites is 1. The lowest BCUT2D eigenvalue weighted by Crippen LogP contribution is -2.19. The predicted molar refractivity (Wildman–Crippen MR) is 79.5 cm³/mol. The molecule has 0 atom stereocenters. The Morgan fingerprint density at radius 3 is 2.65 bits per heavy atom. The van der Waals surface area contributed by atoms with Crippen LogP contribution in [-0.4, -0.2) is 6.54 Å². The van der Waals surface area contributed by atoms with Gasteiger partial charge in [0.2, 0.25) is 0 Å². The highest BCUT2D eigenvalue weighted by Crippen LogP contribution is 2.25. The van der Waals surface area contributed by atoms with Crippen molar-refractivity contribution in [3.05, 3.63) is 59.9 Å². The van der Waals surface area contributed by atoms with E-state index >= 15 is 0 Å².